The van der Waals surface area contributed by atoms with Crippen molar-refractivity contribution in [2.45, 2.75) is 25.4 Å². The molecule has 2 atom stereocenters. The molecule has 80 valence electrons. The van der Waals surface area contributed by atoms with E-state index in [4.69, 9.17) is 5.11 Å². The number of benzene rings is 1. The SMILES string of the molecule is CC(C(=O)O)C1(O)CCc2ccccc21. The number of aliphatic hydroxyl groups is 1. The van der Waals surface area contributed by atoms with Crippen LogP contribution >= 0.6 is 0 Å². The maximum atomic E-state index is 10.9. The van der Waals surface area contributed by atoms with Crippen LogP contribution in [0.3, 0.4) is 0 Å². The van der Waals surface area contributed by atoms with E-state index < -0.39 is 17.5 Å². The molecule has 15 heavy (non-hydrogen) atoms. The molecule has 1 aromatic carbocycles. The summed E-state index contributed by atoms with van der Waals surface area (Å²) in [6.45, 7) is 1.56. The molecule has 0 heterocycles. The third-order valence-electron chi connectivity index (χ3n) is 3.35. The topological polar surface area (TPSA) is 57.5 Å². The first-order valence-electron chi connectivity index (χ1n) is 5.09. The van der Waals surface area contributed by atoms with Crippen molar-refractivity contribution in [1.29, 1.82) is 0 Å². The van der Waals surface area contributed by atoms with Crippen LogP contribution in [0.1, 0.15) is 24.5 Å². The smallest absolute Gasteiger partial charge is 0.309 e. The number of carbonyl (C=O) groups is 1. The van der Waals surface area contributed by atoms with Crippen LogP contribution in [0, 0.1) is 5.92 Å². The van der Waals surface area contributed by atoms with E-state index in [2.05, 4.69) is 0 Å². The zero-order valence-corrected chi connectivity index (χ0v) is 8.60. The van der Waals surface area contributed by atoms with Crippen LogP contribution in [0.5, 0.6) is 0 Å². The summed E-state index contributed by atoms with van der Waals surface area (Å²) < 4.78 is 0. The van der Waals surface area contributed by atoms with Gasteiger partial charge in [0.05, 0.1) is 5.92 Å². The molecular weight excluding hydrogens is 192 g/mol. The first-order valence-corrected chi connectivity index (χ1v) is 5.09. The van der Waals surface area contributed by atoms with Crippen molar-refractivity contribution in [3.8, 4) is 0 Å². The van der Waals surface area contributed by atoms with Crippen LogP contribution in [0.4, 0.5) is 0 Å². The van der Waals surface area contributed by atoms with Gasteiger partial charge < -0.3 is 10.2 Å². The summed E-state index contributed by atoms with van der Waals surface area (Å²) in [6, 6.07) is 7.52. The third kappa shape index (κ3) is 1.43. The van der Waals surface area contributed by atoms with Gasteiger partial charge in [-0.3, -0.25) is 4.79 Å². The lowest BCUT2D eigenvalue weighted by Gasteiger charge is -2.28. The largest absolute Gasteiger partial charge is 0.481 e. The zero-order chi connectivity index (χ0) is 11.1. The van der Waals surface area contributed by atoms with Gasteiger partial charge in [-0.25, -0.2) is 0 Å². The number of hydrogen-bond donors (Lipinski definition) is 2. The Bertz CT molecular complexity index is 400. The summed E-state index contributed by atoms with van der Waals surface area (Å²) in [4.78, 5) is 10.9. The molecule has 2 unspecified atom stereocenters. The summed E-state index contributed by atoms with van der Waals surface area (Å²) in [5, 5.41) is 19.4. The van der Waals surface area contributed by atoms with E-state index >= 15 is 0 Å². The first kappa shape index (κ1) is 10.2. The Morgan fingerprint density at radius 2 is 2.13 bits per heavy atom. The molecule has 0 bridgehead atoms. The fraction of sp³-hybridized carbons (Fsp3) is 0.417. The fourth-order valence-electron chi connectivity index (χ4n) is 2.27. The van der Waals surface area contributed by atoms with Crippen LogP contribution in [0.25, 0.3) is 0 Å². The second-order valence-corrected chi connectivity index (χ2v) is 4.14. The molecule has 0 aromatic heterocycles. The van der Waals surface area contributed by atoms with Crippen molar-refractivity contribution in [3.05, 3.63) is 35.4 Å². The summed E-state index contributed by atoms with van der Waals surface area (Å²) in [5.41, 5.74) is 0.649. The second-order valence-electron chi connectivity index (χ2n) is 4.14. The molecule has 2 rings (SSSR count). The summed E-state index contributed by atoms with van der Waals surface area (Å²) in [7, 11) is 0. The third-order valence-corrected chi connectivity index (χ3v) is 3.35. The quantitative estimate of drug-likeness (QED) is 0.771. The van der Waals surface area contributed by atoms with Gasteiger partial charge in [0.1, 0.15) is 5.60 Å². The average molecular weight is 206 g/mol. The minimum Gasteiger partial charge on any atom is -0.481 e. The predicted octanol–water partition coefficient (Wildman–Crippen LogP) is 1.54. The fourth-order valence-corrected chi connectivity index (χ4v) is 2.27. The van der Waals surface area contributed by atoms with Crippen molar-refractivity contribution in [2.75, 3.05) is 0 Å². The van der Waals surface area contributed by atoms with Crippen molar-refractivity contribution in [1.82, 2.24) is 0 Å². The highest BCUT2D eigenvalue weighted by molar-refractivity contribution is 5.72. The zero-order valence-electron chi connectivity index (χ0n) is 8.60. The van der Waals surface area contributed by atoms with Crippen molar-refractivity contribution < 1.29 is 15.0 Å². The Balaban J connectivity index is 2.44. The minimum atomic E-state index is -1.19. The highest BCUT2D eigenvalue weighted by Crippen LogP contribution is 2.42. The molecule has 0 saturated carbocycles. The highest BCUT2D eigenvalue weighted by atomic mass is 16.4. The number of rotatable bonds is 2. The minimum absolute atomic E-state index is 0.500. The number of fused-ring (bicyclic) bond motifs is 1. The van der Waals surface area contributed by atoms with Gasteiger partial charge in [-0.15, -0.1) is 0 Å². The van der Waals surface area contributed by atoms with Crippen LogP contribution in [0.2, 0.25) is 0 Å². The van der Waals surface area contributed by atoms with Gasteiger partial charge in [-0.05, 0) is 30.9 Å². The maximum absolute atomic E-state index is 10.9. The van der Waals surface area contributed by atoms with Crippen molar-refractivity contribution in [2.24, 2.45) is 5.92 Å². The van der Waals surface area contributed by atoms with E-state index in [1.54, 1.807) is 6.92 Å². The lowest BCUT2D eigenvalue weighted by molar-refractivity contribution is -0.151. The second kappa shape index (κ2) is 3.35. The van der Waals surface area contributed by atoms with E-state index in [1.165, 1.54) is 0 Å². The number of carboxylic acid groups (broad SMARTS) is 1. The molecule has 3 nitrogen and oxygen atoms in total. The molecule has 0 aliphatic heterocycles. The number of carboxylic acids is 1. The molecule has 0 radical (unpaired) electrons. The number of aliphatic carboxylic acids is 1. The molecule has 0 spiro atoms. The van der Waals surface area contributed by atoms with Gasteiger partial charge in [-0.1, -0.05) is 24.3 Å². The van der Waals surface area contributed by atoms with Crippen molar-refractivity contribution in [3.63, 3.8) is 0 Å². The van der Waals surface area contributed by atoms with Gasteiger partial charge in [0.15, 0.2) is 0 Å². The first-order chi connectivity index (χ1) is 7.05. The molecule has 1 aromatic rings. The van der Waals surface area contributed by atoms with E-state index in [-0.39, 0.29) is 0 Å². The Labute approximate surface area is 88.4 Å². The highest BCUT2D eigenvalue weighted by Gasteiger charge is 2.44. The standard InChI is InChI=1S/C12H14O3/c1-8(11(13)14)12(15)7-6-9-4-2-3-5-10(9)12/h2-5,8,15H,6-7H2,1H3,(H,13,14). The summed E-state index contributed by atoms with van der Waals surface area (Å²) in [5.74, 6) is -1.71. The average Bonchev–Trinajstić information content (AvgIpc) is 2.57. The van der Waals surface area contributed by atoms with E-state index in [0.29, 0.717) is 6.42 Å². The van der Waals surface area contributed by atoms with Crippen LogP contribution in [-0.4, -0.2) is 16.2 Å². The molecule has 0 amide bonds. The molecular formula is C12H14O3. The van der Waals surface area contributed by atoms with E-state index in [0.717, 1.165) is 17.5 Å². The van der Waals surface area contributed by atoms with Crippen LogP contribution in [-0.2, 0) is 16.8 Å². The molecule has 0 fully saturated rings. The summed E-state index contributed by atoms with van der Waals surface area (Å²) in [6.07, 6.45) is 1.25. The van der Waals surface area contributed by atoms with Gasteiger partial charge in [0.2, 0.25) is 0 Å². The normalized spacial score (nSPS) is 26.0. The van der Waals surface area contributed by atoms with Gasteiger partial charge in [0.25, 0.3) is 0 Å². The number of hydrogen-bond acceptors (Lipinski definition) is 2. The molecule has 1 aliphatic rings. The van der Waals surface area contributed by atoms with Crippen LogP contribution < -0.4 is 0 Å². The van der Waals surface area contributed by atoms with Gasteiger partial charge >= 0.3 is 5.97 Å². The maximum Gasteiger partial charge on any atom is 0.309 e. The monoisotopic (exact) mass is 206 g/mol. The summed E-state index contributed by atoms with van der Waals surface area (Å²) >= 11 is 0. The molecule has 3 heteroatoms. The lowest BCUT2D eigenvalue weighted by atomic mass is 9.84. The molecule has 1 aliphatic carbocycles. The Hall–Kier alpha value is -1.35. The Morgan fingerprint density at radius 1 is 1.47 bits per heavy atom. The van der Waals surface area contributed by atoms with E-state index in [1.807, 2.05) is 24.3 Å². The lowest BCUT2D eigenvalue weighted by Crippen LogP contribution is -2.36. The Kier molecular flexibility index (Phi) is 2.27. The molecule has 2 N–H and O–H groups in total. The van der Waals surface area contributed by atoms with Gasteiger partial charge in [-0.2, -0.15) is 0 Å². The van der Waals surface area contributed by atoms with E-state index in [9.17, 15) is 9.90 Å². The van der Waals surface area contributed by atoms with Gasteiger partial charge in [0, 0.05) is 0 Å². The Morgan fingerprint density at radius 3 is 2.80 bits per heavy atom. The van der Waals surface area contributed by atoms with Crippen LogP contribution in [0.15, 0.2) is 24.3 Å². The predicted molar refractivity (Wildman–Crippen MR) is 55.5 cm³/mol. The van der Waals surface area contributed by atoms with Crippen molar-refractivity contribution >= 4 is 5.97 Å². The number of aryl methyl sites for hydroxylation is 1. The molecule has 0 saturated heterocycles.